The summed E-state index contributed by atoms with van der Waals surface area (Å²) in [5, 5.41) is 0. The summed E-state index contributed by atoms with van der Waals surface area (Å²) >= 11 is 0. The molecule has 0 fully saturated rings. The van der Waals surface area contributed by atoms with Gasteiger partial charge >= 0.3 is 0 Å². The van der Waals surface area contributed by atoms with Gasteiger partial charge in [-0.25, -0.2) is 0 Å². The Balaban J connectivity index is 0.000000810. The van der Waals surface area contributed by atoms with Crippen molar-refractivity contribution >= 4 is 12.4 Å². The van der Waals surface area contributed by atoms with E-state index in [1.54, 1.807) is 12.4 Å². The molecule has 1 rings (SSSR count). The Morgan fingerprint density at radius 1 is 1.40 bits per heavy atom. The zero-order valence-corrected chi connectivity index (χ0v) is 6.64. The molecule has 0 aliphatic carbocycles. The molecule has 0 aromatic carbocycles. The van der Waals surface area contributed by atoms with Crippen LogP contribution in [0.4, 0.5) is 0 Å². The van der Waals surface area contributed by atoms with Gasteiger partial charge in [-0.05, 0) is 24.6 Å². The molecule has 0 unspecified atom stereocenters. The number of halogens is 1. The lowest BCUT2D eigenvalue weighted by molar-refractivity contribution is 0.815. The highest BCUT2D eigenvalue weighted by Gasteiger charge is 1.94. The van der Waals surface area contributed by atoms with Crippen LogP contribution in [-0.4, -0.2) is 4.98 Å². The minimum absolute atomic E-state index is 0. The van der Waals surface area contributed by atoms with E-state index in [2.05, 4.69) is 4.98 Å². The van der Waals surface area contributed by atoms with Crippen molar-refractivity contribution in [2.75, 3.05) is 0 Å². The second-order valence-corrected chi connectivity index (χ2v) is 2.07. The first kappa shape index (κ1) is 9.40. The Labute approximate surface area is 66.9 Å². The maximum absolute atomic E-state index is 5.59. The highest BCUT2D eigenvalue weighted by molar-refractivity contribution is 5.85. The molecular weight excluding hydrogens is 148 g/mol. The highest BCUT2D eigenvalue weighted by atomic mass is 35.5. The van der Waals surface area contributed by atoms with Gasteiger partial charge in [0.1, 0.15) is 0 Å². The van der Waals surface area contributed by atoms with E-state index in [1.807, 2.05) is 19.1 Å². The lowest BCUT2D eigenvalue weighted by Gasteiger charge is -2.01. The van der Waals surface area contributed by atoms with E-state index in [1.165, 1.54) is 0 Å². The van der Waals surface area contributed by atoms with E-state index >= 15 is 0 Å². The smallest absolute Gasteiger partial charge is 0.0271 e. The molecule has 1 aromatic heterocycles. The minimum atomic E-state index is 0. The van der Waals surface area contributed by atoms with Gasteiger partial charge in [0, 0.05) is 18.4 Å². The van der Waals surface area contributed by atoms with Gasteiger partial charge in [0.05, 0.1) is 0 Å². The van der Waals surface area contributed by atoms with Gasteiger partial charge < -0.3 is 5.73 Å². The molecule has 0 bridgehead atoms. The van der Waals surface area contributed by atoms with Crippen molar-refractivity contribution in [3.63, 3.8) is 0 Å². The van der Waals surface area contributed by atoms with Gasteiger partial charge in [-0.15, -0.1) is 12.4 Å². The van der Waals surface area contributed by atoms with Crippen molar-refractivity contribution < 1.29 is 0 Å². The van der Waals surface area contributed by atoms with Gasteiger partial charge in [-0.2, -0.15) is 0 Å². The highest BCUT2D eigenvalue weighted by Crippen LogP contribution is 2.05. The summed E-state index contributed by atoms with van der Waals surface area (Å²) in [6.07, 6.45) is 3.50. The van der Waals surface area contributed by atoms with Gasteiger partial charge in [0.25, 0.3) is 0 Å². The van der Waals surface area contributed by atoms with Gasteiger partial charge in [0.15, 0.2) is 0 Å². The molecule has 1 heterocycles. The average molecular weight is 159 g/mol. The van der Waals surface area contributed by atoms with Crippen LogP contribution in [-0.2, 0) is 0 Å². The van der Waals surface area contributed by atoms with Crippen molar-refractivity contribution in [2.45, 2.75) is 13.0 Å². The molecule has 2 N–H and O–H groups in total. The molecule has 0 amide bonds. The zero-order valence-electron chi connectivity index (χ0n) is 5.82. The predicted octanol–water partition coefficient (Wildman–Crippen LogP) is 1.52. The third kappa shape index (κ3) is 2.33. The molecule has 0 spiro atoms. The first-order valence-corrected chi connectivity index (χ1v) is 2.96. The monoisotopic (exact) mass is 158 g/mol. The lowest BCUT2D eigenvalue weighted by Crippen LogP contribution is -2.04. The molecule has 0 aliphatic rings. The zero-order chi connectivity index (χ0) is 6.69. The fourth-order valence-electron chi connectivity index (χ4n) is 0.667. The topological polar surface area (TPSA) is 38.9 Å². The Kier molecular flexibility index (Phi) is 4.00. The molecule has 56 valence electrons. The van der Waals surface area contributed by atoms with Crippen molar-refractivity contribution in [3.8, 4) is 0 Å². The van der Waals surface area contributed by atoms with Crippen LogP contribution in [0.5, 0.6) is 0 Å². The number of nitrogens with two attached hydrogens (primary N) is 1. The van der Waals surface area contributed by atoms with Crippen LogP contribution in [0.15, 0.2) is 24.5 Å². The van der Waals surface area contributed by atoms with Crippen molar-refractivity contribution in [2.24, 2.45) is 5.73 Å². The average Bonchev–Trinajstić information content (AvgIpc) is 1.90. The summed E-state index contributed by atoms with van der Waals surface area (Å²) in [6, 6.07) is 3.96. The van der Waals surface area contributed by atoms with Crippen LogP contribution in [0.3, 0.4) is 0 Å². The van der Waals surface area contributed by atoms with Crippen LogP contribution in [0, 0.1) is 0 Å². The first-order chi connectivity index (χ1) is 4.30. The van der Waals surface area contributed by atoms with E-state index in [0.29, 0.717) is 0 Å². The summed E-state index contributed by atoms with van der Waals surface area (Å²) < 4.78 is 0. The SMILES string of the molecule is C[C@H](N)c1ccncc1.Cl. The summed E-state index contributed by atoms with van der Waals surface area (Å²) in [5.74, 6) is 0. The van der Waals surface area contributed by atoms with Gasteiger partial charge in [0.2, 0.25) is 0 Å². The van der Waals surface area contributed by atoms with Crippen LogP contribution < -0.4 is 5.73 Å². The fourth-order valence-corrected chi connectivity index (χ4v) is 0.667. The second kappa shape index (κ2) is 4.25. The van der Waals surface area contributed by atoms with Crippen molar-refractivity contribution in [3.05, 3.63) is 30.1 Å². The summed E-state index contributed by atoms with van der Waals surface area (Å²) in [4.78, 5) is 3.87. The van der Waals surface area contributed by atoms with Crippen molar-refractivity contribution in [1.82, 2.24) is 4.98 Å². The Hall–Kier alpha value is -0.600. The standard InChI is InChI=1S/C7H10N2.ClH/c1-6(8)7-2-4-9-5-3-7;/h2-6H,8H2,1H3;1H/t6-;/m0./s1. The maximum atomic E-state index is 5.59. The largest absolute Gasteiger partial charge is 0.324 e. The fraction of sp³-hybridized carbons (Fsp3) is 0.286. The van der Waals surface area contributed by atoms with E-state index in [0.717, 1.165) is 5.56 Å². The molecule has 10 heavy (non-hydrogen) atoms. The molecule has 0 radical (unpaired) electrons. The van der Waals surface area contributed by atoms with E-state index in [4.69, 9.17) is 5.73 Å². The molecule has 3 heteroatoms. The molecule has 0 saturated carbocycles. The van der Waals surface area contributed by atoms with Crippen LogP contribution in [0.25, 0.3) is 0 Å². The summed E-state index contributed by atoms with van der Waals surface area (Å²) in [6.45, 7) is 1.95. The number of hydrogen-bond acceptors (Lipinski definition) is 2. The molecule has 1 atom stereocenters. The minimum Gasteiger partial charge on any atom is -0.324 e. The normalized spacial score (nSPS) is 11.8. The number of rotatable bonds is 1. The summed E-state index contributed by atoms with van der Waals surface area (Å²) in [7, 11) is 0. The molecule has 1 aromatic rings. The molecule has 0 saturated heterocycles. The summed E-state index contributed by atoms with van der Waals surface area (Å²) in [5.41, 5.74) is 6.72. The Morgan fingerprint density at radius 3 is 2.20 bits per heavy atom. The van der Waals surface area contributed by atoms with Crippen LogP contribution in [0.1, 0.15) is 18.5 Å². The van der Waals surface area contributed by atoms with Crippen molar-refractivity contribution in [1.29, 1.82) is 0 Å². The number of nitrogens with zero attached hydrogens (tertiary/aromatic N) is 1. The third-order valence-corrected chi connectivity index (χ3v) is 1.23. The molecule has 0 aliphatic heterocycles. The second-order valence-electron chi connectivity index (χ2n) is 2.07. The van der Waals surface area contributed by atoms with Gasteiger partial charge in [-0.3, -0.25) is 4.98 Å². The predicted molar refractivity (Wildman–Crippen MR) is 44.1 cm³/mol. The van der Waals surface area contributed by atoms with Crippen LogP contribution >= 0.6 is 12.4 Å². The maximum Gasteiger partial charge on any atom is 0.0271 e. The lowest BCUT2D eigenvalue weighted by atomic mass is 10.1. The van der Waals surface area contributed by atoms with Crippen LogP contribution in [0.2, 0.25) is 0 Å². The number of pyridine rings is 1. The number of hydrogen-bond donors (Lipinski definition) is 1. The third-order valence-electron chi connectivity index (χ3n) is 1.23. The van der Waals surface area contributed by atoms with E-state index in [9.17, 15) is 0 Å². The Bertz CT molecular complexity index is 174. The molecule has 2 nitrogen and oxygen atoms in total. The van der Waals surface area contributed by atoms with Gasteiger partial charge in [-0.1, -0.05) is 0 Å². The van der Waals surface area contributed by atoms with E-state index in [-0.39, 0.29) is 18.4 Å². The quantitative estimate of drug-likeness (QED) is 0.673. The van der Waals surface area contributed by atoms with E-state index < -0.39 is 0 Å². The number of aromatic nitrogens is 1. The first-order valence-electron chi connectivity index (χ1n) is 2.96. The molecular formula is C7H11ClN2. The Morgan fingerprint density at radius 2 is 1.90 bits per heavy atom.